The standard InChI is InChI=1S/C26H30N2O6S/c1-18-14-21(11-13-23(18)32-2)35(30,31)28-22(15-19-8-6-5-7-9-19)26(29)27-17-20-10-12-24(33-3)25(16-20)34-4/h5-14,16,22,28H,15,17H2,1-4H3,(H,27,29)/t22-/m0/s1. The van der Waals surface area contributed by atoms with E-state index >= 15 is 0 Å². The molecule has 35 heavy (non-hydrogen) atoms. The van der Waals surface area contributed by atoms with E-state index in [1.54, 1.807) is 38.3 Å². The van der Waals surface area contributed by atoms with Gasteiger partial charge in [0.2, 0.25) is 15.9 Å². The number of methoxy groups -OCH3 is 3. The average molecular weight is 499 g/mol. The molecule has 0 bridgehead atoms. The molecule has 0 aliphatic carbocycles. The van der Waals surface area contributed by atoms with E-state index in [0.29, 0.717) is 22.8 Å². The van der Waals surface area contributed by atoms with Gasteiger partial charge in [0.1, 0.15) is 11.8 Å². The highest BCUT2D eigenvalue weighted by Gasteiger charge is 2.26. The molecule has 1 atom stereocenters. The summed E-state index contributed by atoms with van der Waals surface area (Å²) in [6.07, 6.45) is 0.187. The van der Waals surface area contributed by atoms with Crippen LogP contribution in [0, 0.1) is 6.92 Å². The number of carbonyl (C=O) groups is 1. The van der Waals surface area contributed by atoms with Gasteiger partial charge >= 0.3 is 0 Å². The normalized spacial score (nSPS) is 12.0. The zero-order chi connectivity index (χ0) is 25.4. The van der Waals surface area contributed by atoms with E-state index in [4.69, 9.17) is 14.2 Å². The lowest BCUT2D eigenvalue weighted by molar-refractivity contribution is -0.122. The van der Waals surface area contributed by atoms with Gasteiger partial charge in [-0.25, -0.2) is 8.42 Å². The van der Waals surface area contributed by atoms with Crippen molar-refractivity contribution in [3.05, 3.63) is 83.4 Å². The Balaban J connectivity index is 1.81. The quantitative estimate of drug-likeness (QED) is 0.421. The maximum absolute atomic E-state index is 13.2. The van der Waals surface area contributed by atoms with Crippen LogP contribution in [0.1, 0.15) is 16.7 Å². The Kier molecular flexibility index (Phi) is 8.73. The zero-order valence-corrected chi connectivity index (χ0v) is 21.0. The van der Waals surface area contributed by atoms with Crippen molar-refractivity contribution < 1.29 is 27.4 Å². The van der Waals surface area contributed by atoms with Crippen LogP contribution in [0.15, 0.2) is 71.6 Å². The highest BCUT2D eigenvalue weighted by Crippen LogP contribution is 2.27. The number of amides is 1. The van der Waals surface area contributed by atoms with E-state index in [9.17, 15) is 13.2 Å². The molecule has 0 saturated heterocycles. The largest absolute Gasteiger partial charge is 0.496 e. The van der Waals surface area contributed by atoms with Gasteiger partial charge in [-0.1, -0.05) is 36.4 Å². The van der Waals surface area contributed by atoms with Crippen molar-refractivity contribution >= 4 is 15.9 Å². The molecular weight excluding hydrogens is 468 g/mol. The smallest absolute Gasteiger partial charge is 0.241 e. The number of ether oxygens (including phenoxy) is 3. The molecule has 0 heterocycles. The summed E-state index contributed by atoms with van der Waals surface area (Å²) in [5, 5.41) is 2.83. The van der Waals surface area contributed by atoms with E-state index < -0.39 is 22.0 Å². The molecule has 1 amide bonds. The highest BCUT2D eigenvalue weighted by atomic mass is 32.2. The zero-order valence-electron chi connectivity index (χ0n) is 20.2. The molecule has 0 saturated carbocycles. The molecule has 9 heteroatoms. The van der Waals surface area contributed by atoms with Crippen LogP contribution in [0.3, 0.4) is 0 Å². The Morgan fingerprint density at radius 1 is 0.829 bits per heavy atom. The summed E-state index contributed by atoms with van der Waals surface area (Å²) in [4.78, 5) is 13.2. The van der Waals surface area contributed by atoms with Gasteiger partial charge in [-0.15, -0.1) is 0 Å². The molecule has 0 aliphatic rings. The maximum Gasteiger partial charge on any atom is 0.241 e. The Bertz CT molecular complexity index is 1260. The Labute approximate surface area is 206 Å². The molecule has 0 spiro atoms. The van der Waals surface area contributed by atoms with Gasteiger partial charge in [-0.2, -0.15) is 4.72 Å². The summed E-state index contributed by atoms with van der Waals surface area (Å²) in [5.41, 5.74) is 2.28. The second-order valence-electron chi connectivity index (χ2n) is 7.90. The minimum absolute atomic E-state index is 0.0570. The highest BCUT2D eigenvalue weighted by molar-refractivity contribution is 7.89. The number of aryl methyl sites for hydroxylation is 1. The fourth-order valence-electron chi connectivity index (χ4n) is 3.61. The maximum atomic E-state index is 13.2. The Hall–Kier alpha value is -3.56. The second-order valence-corrected chi connectivity index (χ2v) is 9.62. The van der Waals surface area contributed by atoms with Crippen LogP contribution in [0.5, 0.6) is 17.2 Å². The van der Waals surface area contributed by atoms with Crippen molar-refractivity contribution in [1.82, 2.24) is 10.0 Å². The fourth-order valence-corrected chi connectivity index (χ4v) is 4.89. The summed E-state index contributed by atoms with van der Waals surface area (Å²) >= 11 is 0. The van der Waals surface area contributed by atoms with Crippen LogP contribution in [-0.2, 0) is 27.8 Å². The number of rotatable bonds is 11. The van der Waals surface area contributed by atoms with E-state index in [2.05, 4.69) is 10.0 Å². The SMILES string of the molecule is COc1ccc(S(=O)(=O)N[C@@H](Cc2ccccc2)C(=O)NCc2ccc(OC)c(OC)c2)cc1C. The molecule has 2 N–H and O–H groups in total. The van der Waals surface area contributed by atoms with Crippen LogP contribution in [0.2, 0.25) is 0 Å². The molecule has 3 aromatic carbocycles. The van der Waals surface area contributed by atoms with Crippen LogP contribution in [0.4, 0.5) is 0 Å². The van der Waals surface area contributed by atoms with Gasteiger partial charge in [-0.3, -0.25) is 4.79 Å². The third kappa shape index (κ3) is 6.74. The van der Waals surface area contributed by atoms with Gasteiger partial charge < -0.3 is 19.5 Å². The summed E-state index contributed by atoms with van der Waals surface area (Å²) in [5.74, 6) is 1.25. The molecule has 0 radical (unpaired) electrons. The third-order valence-corrected chi connectivity index (χ3v) is 6.96. The van der Waals surface area contributed by atoms with Crippen molar-refractivity contribution in [2.75, 3.05) is 21.3 Å². The lowest BCUT2D eigenvalue weighted by atomic mass is 10.1. The summed E-state index contributed by atoms with van der Waals surface area (Å²) in [6, 6.07) is 18.1. The summed E-state index contributed by atoms with van der Waals surface area (Å²) in [6.45, 7) is 1.95. The number of benzene rings is 3. The van der Waals surface area contributed by atoms with Crippen LogP contribution in [-0.4, -0.2) is 41.7 Å². The predicted octanol–water partition coefficient (Wildman–Crippen LogP) is 3.23. The number of nitrogens with one attached hydrogen (secondary N) is 2. The minimum atomic E-state index is -3.98. The van der Waals surface area contributed by atoms with E-state index in [0.717, 1.165) is 11.1 Å². The van der Waals surface area contributed by atoms with Crippen LogP contribution < -0.4 is 24.2 Å². The minimum Gasteiger partial charge on any atom is -0.496 e. The first-order valence-corrected chi connectivity index (χ1v) is 12.4. The van der Waals surface area contributed by atoms with Crippen molar-refractivity contribution in [3.8, 4) is 17.2 Å². The second kappa shape index (κ2) is 11.7. The van der Waals surface area contributed by atoms with Crippen molar-refractivity contribution in [3.63, 3.8) is 0 Å². The van der Waals surface area contributed by atoms with Crippen molar-refractivity contribution in [2.24, 2.45) is 0 Å². The molecule has 0 fully saturated rings. The first kappa shape index (κ1) is 26.1. The van der Waals surface area contributed by atoms with Gasteiger partial charge in [0.05, 0.1) is 26.2 Å². The van der Waals surface area contributed by atoms with E-state index in [1.807, 2.05) is 30.3 Å². The van der Waals surface area contributed by atoms with Gasteiger partial charge in [-0.05, 0) is 60.4 Å². The number of sulfonamides is 1. The topological polar surface area (TPSA) is 103 Å². The molecule has 3 aromatic rings. The van der Waals surface area contributed by atoms with Gasteiger partial charge in [0, 0.05) is 6.54 Å². The number of hydrogen-bond acceptors (Lipinski definition) is 6. The van der Waals surface area contributed by atoms with Crippen molar-refractivity contribution in [2.45, 2.75) is 30.8 Å². The Morgan fingerprint density at radius 2 is 1.49 bits per heavy atom. The molecule has 0 aliphatic heterocycles. The first-order valence-electron chi connectivity index (χ1n) is 11.0. The average Bonchev–Trinajstić information content (AvgIpc) is 2.87. The van der Waals surface area contributed by atoms with Gasteiger partial charge in [0.15, 0.2) is 11.5 Å². The third-order valence-electron chi connectivity index (χ3n) is 5.49. The lowest BCUT2D eigenvalue weighted by Gasteiger charge is -2.19. The molecule has 186 valence electrons. The molecule has 0 aromatic heterocycles. The molecule has 8 nitrogen and oxygen atoms in total. The number of carbonyl (C=O) groups excluding carboxylic acids is 1. The van der Waals surface area contributed by atoms with Crippen LogP contribution >= 0.6 is 0 Å². The monoisotopic (exact) mass is 498 g/mol. The fraction of sp³-hybridized carbons (Fsp3) is 0.269. The number of hydrogen-bond donors (Lipinski definition) is 2. The molecular formula is C26H30N2O6S. The van der Waals surface area contributed by atoms with E-state index in [1.165, 1.54) is 26.4 Å². The van der Waals surface area contributed by atoms with Gasteiger partial charge in [0.25, 0.3) is 0 Å². The molecule has 3 rings (SSSR count). The van der Waals surface area contributed by atoms with Crippen LogP contribution in [0.25, 0.3) is 0 Å². The summed E-state index contributed by atoms with van der Waals surface area (Å²) < 4.78 is 44.7. The first-order chi connectivity index (χ1) is 16.8. The van der Waals surface area contributed by atoms with E-state index in [-0.39, 0.29) is 17.9 Å². The van der Waals surface area contributed by atoms with Crippen molar-refractivity contribution in [1.29, 1.82) is 0 Å². The Morgan fingerprint density at radius 3 is 2.11 bits per heavy atom. The lowest BCUT2D eigenvalue weighted by Crippen LogP contribution is -2.47. The predicted molar refractivity (Wildman–Crippen MR) is 133 cm³/mol. The summed E-state index contributed by atoms with van der Waals surface area (Å²) in [7, 11) is 0.623. The molecule has 0 unspecified atom stereocenters.